The van der Waals surface area contributed by atoms with Crippen LogP contribution in [0.15, 0.2) is 53.6 Å². The Morgan fingerprint density at radius 1 is 1.03 bits per heavy atom. The first-order chi connectivity index (χ1) is 15.9. The summed E-state index contributed by atoms with van der Waals surface area (Å²) in [6.45, 7) is 2.67. The summed E-state index contributed by atoms with van der Waals surface area (Å²) in [5.74, 6) is -1.36. The zero-order valence-corrected chi connectivity index (χ0v) is 18.5. The molecule has 2 aliphatic heterocycles. The number of carbonyl (C=O) groups excluding carboxylic acids is 3. The number of piperazine rings is 1. The van der Waals surface area contributed by atoms with Crippen LogP contribution in [0.2, 0.25) is 0 Å². The van der Waals surface area contributed by atoms with Gasteiger partial charge in [-0.2, -0.15) is 5.10 Å². The Labute approximate surface area is 191 Å². The highest BCUT2D eigenvalue weighted by atomic mass is 19.1. The number of carbonyl (C=O) groups is 3. The zero-order valence-electron chi connectivity index (χ0n) is 18.5. The number of benzene rings is 2. The second-order valence-corrected chi connectivity index (χ2v) is 7.90. The maximum absolute atomic E-state index is 13.5. The monoisotopic (exact) mass is 452 g/mol. The second-order valence-electron chi connectivity index (χ2n) is 7.90. The second kappa shape index (κ2) is 9.40. The first-order valence-electron chi connectivity index (χ1n) is 10.8. The van der Waals surface area contributed by atoms with Crippen molar-refractivity contribution < 1.29 is 23.5 Å². The molecule has 3 amide bonds. The van der Waals surface area contributed by atoms with E-state index in [1.54, 1.807) is 26.2 Å². The Morgan fingerprint density at radius 2 is 1.67 bits per heavy atom. The molecule has 0 unspecified atom stereocenters. The SMILES string of the molecule is CCN1CCN(CC(=O)N2N=C(c3ccc(OC)cc3)C[C@H]2c2ccc(F)cc2)C(=O)C1=O. The lowest BCUT2D eigenvalue weighted by Crippen LogP contribution is -2.56. The minimum Gasteiger partial charge on any atom is -0.497 e. The summed E-state index contributed by atoms with van der Waals surface area (Å²) in [5, 5.41) is 5.91. The van der Waals surface area contributed by atoms with Gasteiger partial charge in [-0.05, 0) is 54.4 Å². The van der Waals surface area contributed by atoms with Crippen molar-refractivity contribution in [2.75, 3.05) is 33.3 Å². The fraction of sp³-hybridized carbons (Fsp3) is 0.333. The molecule has 2 aromatic rings. The van der Waals surface area contributed by atoms with Gasteiger partial charge in [0.15, 0.2) is 0 Å². The minimum absolute atomic E-state index is 0.251. The summed E-state index contributed by atoms with van der Waals surface area (Å²) in [6.07, 6.45) is 0.431. The predicted molar refractivity (Wildman–Crippen MR) is 119 cm³/mol. The molecular weight excluding hydrogens is 427 g/mol. The van der Waals surface area contributed by atoms with Gasteiger partial charge in [-0.3, -0.25) is 14.4 Å². The van der Waals surface area contributed by atoms with Crippen molar-refractivity contribution in [2.24, 2.45) is 5.10 Å². The van der Waals surface area contributed by atoms with Gasteiger partial charge in [0.1, 0.15) is 18.1 Å². The highest BCUT2D eigenvalue weighted by Gasteiger charge is 2.37. The van der Waals surface area contributed by atoms with Crippen LogP contribution >= 0.6 is 0 Å². The molecule has 33 heavy (non-hydrogen) atoms. The number of ether oxygens (including phenoxy) is 1. The number of hydrazone groups is 1. The average molecular weight is 452 g/mol. The van der Waals surface area contributed by atoms with Crippen LogP contribution in [0, 0.1) is 5.82 Å². The number of halogens is 1. The van der Waals surface area contributed by atoms with E-state index < -0.39 is 23.8 Å². The minimum atomic E-state index is -0.687. The maximum atomic E-state index is 13.5. The van der Waals surface area contributed by atoms with Crippen molar-refractivity contribution in [3.8, 4) is 5.75 Å². The van der Waals surface area contributed by atoms with Gasteiger partial charge in [-0.25, -0.2) is 9.40 Å². The fourth-order valence-electron chi connectivity index (χ4n) is 4.05. The number of amides is 3. The van der Waals surface area contributed by atoms with E-state index in [4.69, 9.17) is 4.74 Å². The molecule has 0 N–H and O–H groups in total. The van der Waals surface area contributed by atoms with Crippen LogP contribution in [0.1, 0.15) is 30.5 Å². The van der Waals surface area contributed by atoms with Crippen molar-refractivity contribution in [1.29, 1.82) is 0 Å². The predicted octanol–water partition coefficient (Wildman–Crippen LogP) is 2.20. The molecule has 0 aliphatic carbocycles. The van der Waals surface area contributed by atoms with Crippen LogP contribution in [0.4, 0.5) is 4.39 Å². The van der Waals surface area contributed by atoms with Gasteiger partial charge in [0.25, 0.3) is 5.91 Å². The van der Waals surface area contributed by atoms with Gasteiger partial charge in [0, 0.05) is 26.1 Å². The molecule has 172 valence electrons. The van der Waals surface area contributed by atoms with E-state index in [0.29, 0.717) is 31.0 Å². The molecule has 0 bridgehead atoms. The lowest BCUT2D eigenvalue weighted by Gasteiger charge is -2.33. The van der Waals surface area contributed by atoms with Crippen LogP contribution in [-0.2, 0) is 14.4 Å². The van der Waals surface area contributed by atoms with Gasteiger partial charge in [0.2, 0.25) is 0 Å². The number of likely N-dealkylation sites (N-methyl/N-ethyl adjacent to an activating group) is 1. The number of nitrogens with zero attached hydrogens (tertiary/aromatic N) is 4. The topological polar surface area (TPSA) is 82.5 Å². The molecule has 0 saturated carbocycles. The molecule has 1 saturated heterocycles. The number of methoxy groups -OCH3 is 1. The van der Waals surface area contributed by atoms with Crippen LogP contribution in [0.5, 0.6) is 5.75 Å². The number of rotatable bonds is 6. The van der Waals surface area contributed by atoms with Crippen LogP contribution in [0.25, 0.3) is 0 Å². The summed E-state index contributed by atoms with van der Waals surface area (Å²) in [6, 6.07) is 12.8. The van der Waals surface area contributed by atoms with Crippen LogP contribution < -0.4 is 4.74 Å². The average Bonchev–Trinajstić information content (AvgIpc) is 3.28. The molecule has 2 aromatic carbocycles. The lowest BCUT2D eigenvalue weighted by molar-refractivity contribution is -0.157. The smallest absolute Gasteiger partial charge is 0.312 e. The quantitative estimate of drug-likeness (QED) is 0.630. The summed E-state index contributed by atoms with van der Waals surface area (Å²) >= 11 is 0. The summed E-state index contributed by atoms with van der Waals surface area (Å²) in [4.78, 5) is 40.6. The summed E-state index contributed by atoms with van der Waals surface area (Å²) < 4.78 is 18.7. The third kappa shape index (κ3) is 4.57. The highest BCUT2D eigenvalue weighted by molar-refractivity contribution is 6.35. The Hall–Kier alpha value is -3.75. The number of hydrogen-bond acceptors (Lipinski definition) is 5. The summed E-state index contributed by atoms with van der Waals surface area (Å²) in [5.41, 5.74) is 2.26. The van der Waals surface area contributed by atoms with Crippen molar-refractivity contribution in [3.05, 3.63) is 65.5 Å². The first-order valence-corrected chi connectivity index (χ1v) is 10.8. The van der Waals surface area contributed by atoms with E-state index in [-0.39, 0.29) is 18.9 Å². The fourth-order valence-corrected chi connectivity index (χ4v) is 4.05. The first kappa shape index (κ1) is 22.4. The molecule has 2 aliphatic rings. The van der Waals surface area contributed by atoms with E-state index in [1.165, 1.54) is 26.9 Å². The maximum Gasteiger partial charge on any atom is 0.312 e. The van der Waals surface area contributed by atoms with Crippen molar-refractivity contribution in [2.45, 2.75) is 19.4 Å². The standard InChI is InChI=1S/C24H25FN4O4/c1-3-27-12-13-28(24(32)23(27)31)15-22(30)29-21(17-4-8-18(25)9-5-17)14-20(26-29)16-6-10-19(33-2)11-7-16/h4-11,21H,3,12-15H2,1-2H3/t21-/m0/s1. The summed E-state index contributed by atoms with van der Waals surface area (Å²) in [7, 11) is 1.58. The van der Waals surface area contributed by atoms with Crippen molar-refractivity contribution in [1.82, 2.24) is 14.8 Å². The largest absolute Gasteiger partial charge is 0.497 e. The highest BCUT2D eigenvalue weighted by Crippen LogP contribution is 2.33. The molecule has 4 rings (SSSR count). The zero-order chi connectivity index (χ0) is 23.5. The van der Waals surface area contributed by atoms with Gasteiger partial charge < -0.3 is 14.5 Å². The Kier molecular flexibility index (Phi) is 6.39. The van der Waals surface area contributed by atoms with E-state index >= 15 is 0 Å². The molecule has 0 spiro atoms. The van der Waals surface area contributed by atoms with E-state index in [0.717, 1.165) is 11.1 Å². The van der Waals surface area contributed by atoms with E-state index in [1.807, 2.05) is 24.3 Å². The van der Waals surface area contributed by atoms with Gasteiger partial charge in [0.05, 0.1) is 18.9 Å². The van der Waals surface area contributed by atoms with E-state index in [2.05, 4.69) is 5.10 Å². The van der Waals surface area contributed by atoms with Gasteiger partial charge >= 0.3 is 11.8 Å². The van der Waals surface area contributed by atoms with Crippen LogP contribution in [-0.4, -0.2) is 71.5 Å². The third-order valence-corrected chi connectivity index (χ3v) is 5.95. The molecule has 1 atom stereocenters. The van der Waals surface area contributed by atoms with Crippen LogP contribution in [0.3, 0.4) is 0 Å². The molecular formula is C24H25FN4O4. The van der Waals surface area contributed by atoms with Crippen molar-refractivity contribution >= 4 is 23.4 Å². The number of hydrogen-bond donors (Lipinski definition) is 0. The molecule has 2 heterocycles. The third-order valence-electron chi connectivity index (χ3n) is 5.95. The molecule has 9 heteroatoms. The van der Waals surface area contributed by atoms with Crippen molar-refractivity contribution in [3.63, 3.8) is 0 Å². The Bertz CT molecular complexity index is 1080. The molecule has 8 nitrogen and oxygen atoms in total. The Morgan fingerprint density at radius 3 is 2.30 bits per heavy atom. The lowest BCUT2D eigenvalue weighted by atomic mass is 9.98. The normalized spacial score (nSPS) is 18.6. The Balaban J connectivity index is 1.58. The van der Waals surface area contributed by atoms with Gasteiger partial charge in [-0.15, -0.1) is 0 Å². The molecule has 1 fully saturated rings. The van der Waals surface area contributed by atoms with Gasteiger partial charge in [-0.1, -0.05) is 12.1 Å². The van der Waals surface area contributed by atoms with E-state index in [9.17, 15) is 18.8 Å². The molecule has 0 aromatic heterocycles. The molecule has 0 radical (unpaired) electrons.